The van der Waals surface area contributed by atoms with Crippen LogP contribution in [0.5, 0.6) is 5.75 Å². The molecular formula is C18H18FN3O3. The van der Waals surface area contributed by atoms with Crippen LogP contribution in [0.25, 0.3) is 0 Å². The Morgan fingerprint density at radius 2 is 1.92 bits per heavy atom. The van der Waals surface area contributed by atoms with Gasteiger partial charge in [-0.2, -0.15) is 0 Å². The second-order valence-corrected chi connectivity index (χ2v) is 5.60. The van der Waals surface area contributed by atoms with Gasteiger partial charge in [-0.1, -0.05) is 24.3 Å². The molecule has 0 unspecified atom stereocenters. The van der Waals surface area contributed by atoms with Crippen molar-refractivity contribution in [3.8, 4) is 5.75 Å². The van der Waals surface area contributed by atoms with Gasteiger partial charge in [-0.3, -0.25) is 9.59 Å². The summed E-state index contributed by atoms with van der Waals surface area (Å²) in [6.07, 6.45) is -0.721. The zero-order valence-electron chi connectivity index (χ0n) is 13.7. The molecule has 0 spiro atoms. The predicted octanol–water partition coefficient (Wildman–Crippen LogP) is 1.78. The minimum atomic E-state index is -0.721. The molecule has 0 bridgehead atoms. The van der Waals surface area contributed by atoms with Gasteiger partial charge in [-0.15, -0.1) is 0 Å². The number of nitrogens with one attached hydrogen (secondary N) is 2. The van der Waals surface area contributed by atoms with Crippen molar-refractivity contribution in [2.24, 2.45) is 0 Å². The largest absolute Gasteiger partial charge is 0.477 e. The van der Waals surface area contributed by atoms with Crippen LogP contribution in [0.3, 0.4) is 0 Å². The third-order valence-corrected chi connectivity index (χ3v) is 3.88. The van der Waals surface area contributed by atoms with Crippen LogP contribution in [0.15, 0.2) is 48.5 Å². The first kappa shape index (κ1) is 16.8. The Morgan fingerprint density at radius 3 is 2.68 bits per heavy atom. The van der Waals surface area contributed by atoms with Crippen LogP contribution in [-0.2, 0) is 9.59 Å². The van der Waals surface area contributed by atoms with E-state index in [1.165, 1.54) is 19.2 Å². The van der Waals surface area contributed by atoms with E-state index < -0.39 is 11.9 Å². The van der Waals surface area contributed by atoms with Crippen LogP contribution in [0.2, 0.25) is 0 Å². The van der Waals surface area contributed by atoms with Crippen molar-refractivity contribution in [3.05, 3.63) is 54.3 Å². The van der Waals surface area contributed by atoms with E-state index in [-0.39, 0.29) is 30.6 Å². The fourth-order valence-electron chi connectivity index (χ4n) is 2.68. The topological polar surface area (TPSA) is 70.7 Å². The van der Waals surface area contributed by atoms with Gasteiger partial charge in [0.15, 0.2) is 6.10 Å². The van der Waals surface area contributed by atoms with Crippen molar-refractivity contribution in [1.29, 1.82) is 0 Å². The molecule has 1 heterocycles. The van der Waals surface area contributed by atoms with Crippen LogP contribution < -0.4 is 20.3 Å². The Labute approximate surface area is 144 Å². The first-order valence-corrected chi connectivity index (χ1v) is 7.85. The van der Waals surface area contributed by atoms with Gasteiger partial charge in [-0.05, 0) is 24.3 Å². The van der Waals surface area contributed by atoms with Gasteiger partial charge in [-0.25, -0.2) is 4.39 Å². The smallest absolute Gasteiger partial charge is 0.262 e. The van der Waals surface area contributed by atoms with Crippen molar-refractivity contribution >= 4 is 23.2 Å². The highest BCUT2D eigenvalue weighted by Crippen LogP contribution is 2.33. The van der Waals surface area contributed by atoms with Crippen LogP contribution in [-0.4, -0.2) is 38.1 Å². The average Bonchev–Trinajstić information content (AvgIpc) is 2.62. The van der Waals surface area contributed by atoms with Gasteiger partial charge < -0.3 is 20.3 Å². The van der Waals surface area contributed by atoms with Gasteiger partial charge in [0.05, 0.1) is 24.5 Å². The summed E-state index contributed by atoms with van der Waals surface area (Å²) in [6.45, 7) is 0.198. The summed E-state index contributed by atoms with van der Waals surface area (Å²) in [6, 6.07) is 13.1. The number of likely N-dealkylation sites (N-methyl/N-ethyl adjacent to an activating group) is 1. The van der Waals surface area contributed by atoms with Gasteiger partial charge in [0, 0.05) is 7.05 Å². The maximum absolute atomic E-state index is 13.7. The van der Waals surface area contributed by atoms with E-state index in [1.807, 2.05) is 12.1 Å². The lowest BCUT2D eigenvalue weighted by atomic mass is 10.1. The zero-order chi connectivity index (χ0) is 17.8. The minimum absolute atomic E-state index is 0.0256. The summed E-state index contributed by atoms with van der Waals surface area (Å²) in [5.41, 5.74) is 0.836. The molecule has 6 nitrogen and oxygen atoms in total. The molecule has 0 aliphatic carbocycles. The lowest BCUT2D eigenvalue weighted by molar-refractivity contribution is -0.127. The Kier molecular flexibility index (Phi) is 4.83. The summed E-state index contributed by atoms with van der Waals surface area (Å²) < 4.78 is 19.4. The van der Waals surface area contributed by atoms with E-state index in [4.69, 9.17) is 4.74 Å². The van der Waals surface area contributed by atoms with Gasteiger partial charge >= 0.3 is 0 Å². The van der Waals surface area contributed by atoms with Crippen LogP contribution in [0.1, 0.15) is 0 Å². The number of carbonyl (C=O) groups excluding carboxylic acids is 2. The minimum Gasteiger partial charge on any atom is -0.477 e. The van der Waals surface area contributed by atoms with E-state index in [0.717, 1.165) is 0 Å². The summed E-state index contributed by atoms with van der Waals surface area (Å²) in [7, 11) is 1.53. The highest BCUT2D eigenvalue weighted by atomic mass is 19.1. The number of hydrogen-bond donors (Lipinski definition) is 2. The van der Waals surface area contributed by atoms with E-state index in [9.17, 15) is 14.0 Å². The normalized spacial score (nSPS) is 15.8. The Balaban J connectivity index is 1.77. The molecule has 7 heteroatoms. The van der Waals surface area contributed by atoms with E-state index >= 15 is 0 Å². The van der Waals surface area contributed by atoms with E-state index in [2.05, 4.69) is 10.6 Å². The number of anilines is 2. The van der Waals surface area contributed by atoms with Crippen LogP contribution in [0, 0.1) is 5.82 Å². The molecule has 0 aromatic heterocycles. The van der Waals surface area contributed by atoms with Crippen molar-refractivity contribution in [2.45, 2.75) is 6.10 Å². The molecule has 2 amide bonds. The number of amides is 2. The predicted molar refractivity (Wildman–Crippen MR) is 92.2 cm³/mol. The van der Waals surface area contributed by atoms with Gasteiger partial charge in [0.2, 0.25) is 5.91 Å². The fourth-order valence-corrected chi connectivity index (χ4v) is 2.68. The summed E-state index contributed by atoms with van der Waals surface area (Å²) in [5, 5.41) is 5.10. The molecule has 1 atom stereocenters. The lowest BCUT2D eigenvalue weighted by Gasteiger charge is -2.34. The Morgan fingerprint density at radius 1 is 1.20 bits per heavy atom. The average molecular weight is 343 g/mol. The number of hydrogen-bond acceptors (Lipinski definition) is 4. The van der Waals surface area contributed by atoms with Crippen LogP contribution >= 0.6 is 0 Å². The number of carbonyl (C=O) groups is 2. The number of benzene rings is 2. The Bertz CT molecular complexity index is 797. The summed E-state index contributed by atoms with van der Waals surface area (Å²) >= 11 is 0. The molecule has 2 aromatic rings. The quantitative estimate of drug-likeness (QED) is 0.888. The molecule has 0 radical (unpaired) electrons. The highest BCUT2D eigenvalue weighted by Gasteiger charge is 2.31. The zero-order valence-corrected chi connectivity index (χ0v) is 13.7. The second kappa shape index (κ2) is 7.21. The SMILES string of the molecule is CNC(=O)[C@H]1CN(CC(=O)Nc2ccccc2F)c2ccccc2O1. The standard InChI is InChI=1S/C18H18FN3O3/c1-20-18(24)16-10-22(14-8-4-5-9-15(14)25-16)11-17(23)21-13-7-3-2-6-12(13)19/h2-9,16H,10-11H2,1H3,(H,20,24)(H,21,23)/t16-/m1/s1. The van der Waals surface area contributed by atoms with E-state index in [0.29, 0.717) is 11.4 Å². The number of halogens is 1. The molecule has 2 aromatic carbocycles. The second-order valence-electron chi connectivity index (χ2n) is 5.60. The fraction of sp³-hybridized carbons (Fsp3) is 0.222. The van der Waals surface area contributed by atoms with Crippen molar-refractivity contribution in [2.75, 3.05) is 30.4 Å². The summed E-state index contributed by atoms with van der Waals surface area (Å²) in [4.78, 5) is 26.0. The molecule has 0 saturated carbocycles. The molecule has 0 fully saturated rings. The molecule has 3 rings (SSSR count). The number of fused-ring (bicyclic) bond motifs is 1. The monoisotopic (exact) mass is 343 g/mol. The molecule has 1 aliphatic heterocycles. The van der Waals surface area contributed by atoms with Crippen molar-refractivity contribution in [1.82, 2.24) is 5.32 Å². The van der Waals surface area contributed by atoms with Crippen molar-refractivity contribution in [3.63, 3.8) is 0 Å². The van der Waals surface area contributed by atoms with Gasteiger partial charge in [0.1, 0.15) is 11.6 Å². The van der Waals surface area contributed by atoms with Gasteiger partial charge in [0.25, 0.3) is 5.91 Å². The Hall–Kier alpha value is -3.09. The van der Waals surface area contributed by atoms with E-state index in [1.54, 1.807) is 29.2 Å². The first-order valence-electron chi connectivity index (χ1n) is 7.85. The molecule has 130 valence electrons. The number of rotatable bonds is 4. The first-order chi connectivity index (χ1) is 12.1. The third kappa shape index (κ3) is 3.71. The lowest BCUT2D eigenvalue weighted by Crippen LogP contribution is -2.50. The number of nitrogens with zero attached hydrogens (tertiary/aromatic N) is 1. The maximum Gasteiger partial charge on any atom is 0.262 e. The molecule has 2 N–H and O–H groups in total. The maximum atomic E-state index is 13.7. The molecule has 25 heavy (non-hydrogen) atoms. The third-order valence-electron chi connectivity index (χ3n) is 3.88. The number of ether oxygens (including phenoxy) is 1. The number of para-hydroxylation sites is 3. The molecular weight excluding hydrogens is 325 g/mol. The highest BCUT2D eigenvalue weighted by molar-refractivity contribution is 5.95. The van der Waals surface area contributed by atoms with Crippen molar-refractivity contribution < 1.29 is 18.7 Å². The summed E-state index contributed by atoms with van der Waals surface area (Å²) in [5.74, 6) is -0.617. The van der Waals surface area contributed by atoms with Crippen LogP contribution in [0.4, 0.5) is 15.8 Å². The molecule has 1 aliphatic rings. The molecule has 0 saturated heterocycles.